The zero-order chi connectivity index (χ0) is 15.4. The number of sulfonamides is 1. The van der Waals surface area contributed by atoms with Gasteiger partial charge in [0.15, 0.2) is 0 Å². The molecule has 2 heterocycles. The Hall–Kier alpha value is -0.980. The third-order valence-electron chi connectivity index (χ3n) is 4.77. The van der Waals surface area contributed by atoms with Crippen LogP contribution in [0.3, 0.4) is 0 Å². The van der Waals surface area contributed by atoms with Crippen molar-refractivity contribution in [2.75, 3.05) is 13.1 Å². The third-order valence-corrected chi connectivity index (χ3v) is 6.78. The lowest BCUT2D eigenvalue weighted by Crippen LogP contribution is -2.46. The van der Waals surface area contributed by atoms with Crippen molar-refractivity contribution in [2.45, 2.75) is 56.4 Å². The number of hydrogen-bond donors (Lipinski definition) is 1. The van der Waals surface area contributed by atoms with Crippen LogP contribution in [-0.2, 0) is 16.6 Å². The lowest BCUT2D eigenvalue weighted by molar-refractivity contribution is 0.198. The summed E-state index contributed by atoms with van der Waals surface area (Å²) in [6.45, 7) is 2.70. The highest BCUT2D eigenvalue weighted by atomic mass is 32.2. The first-order valence-corrected chi connectivity index (χ1v) is 9.81. The molecule has 2 aliphatic rings. The summed E-state index contributed by atoms with van der Waals surface area (Å²) < 4.78 is 27.6. The number of nitrogens with one attached hydrogen (secondary N) is 1. The van der Waals surface area contributed by atoms with Crippen molar-refractivity contribution >= 4 is 10.0 Å². The van der Waals surface area contributed by atoms with Gasteiger partial charge in [0.05, 0.1) is 10.9 Å². The quantitative estimate of drug-likeness (QED) is 0.899. The summed E-state index contributed by atoms with van der Waals surface area (Å²) in [6, 6.07) is 6.07. The van der Waals surface area contributed by atoms with E-state index in [1.54, 1.807) is 0 Å². The van der Waals surface area contributed by atoms with Crippen molar-refractivity contribution in [3.63, 3.8) is 0 Å². The summed E-state index contributed by atoms with van der Waals surface area (Å²) in [5.41, 5.74) is 1.08. The molecule has 0 radical (unpaired) electrons. The number of likely N-dealkylation sites (tertiary alicyclic amines) is 1. The van der Waals surface area contributed by atoms with Gasteiger partial charge in [0, 0.05) is 31.9 Å². The molecule has 5 nitrogen and oxygen atoms in total. The Bertz CT molecular complexity index is 562. The highest BCUT2D eigenvalue weighted by molar-refractivity contribution is 7.90. The molecule has 0 aromatic carbocycles. The maximum atomic E-state index is 12.3. The zero-order valence-electron chi connectivity index (χ0n) is 12.9. The van der Waals surface area contributed by atoms with E-state index in [1.807, 2.05) is 24.4 Å². The first-order chi connectivity index (χ1) is 10.6. The molecule has 1 N–H and O–H groups in total. The first-order valence-electron chi connectivity index (χ1n) is 8.27. The molecule has 3 rings (SSSR count). The molecule has 2 fully saturated rings. The van der Waals surface area contributed by atoms with Crippen LogP contribution in [0, 0.1) is 0 Å². The molecular weight excluding hydrogens is 298 g/mol. The molecule has 0 unspecified atom stereocenters. The van der Waals surface area contributed by atoms with Gasteiger partial charge in [0.1, 0.15) is 0 Å². The van der Waals surface area contributed by atoms with Crippen LogP contribution in [0.5, 0.6) is 0 Å². The van der Waals surface area contributed by atoms with Gasteiger partial charge in [-0.1, -0.05) is 18.9 Å². The highest BCUT2D eigenvalue weighted by Crippen LogP contribution is 2.25. The molecular formula is C16H25N3O2S. The predicted octanol–water partition coefficient (Wildman–Crippen LogP) is 1.91. The Balaban J connectivity index is 1.47. The standard InChI is InChI=1S/C16H25N3O2S/c20-22(21,16-6-1-2-7-16)18-14-8-11-19(12-9-14)13-15-5-3-4-10-17-15/h3-5,10,14,16,18H,1-2,6-9,11-13H2. The Morgan fingerprint density at radius 3 is 2.50 bits per heavy atom. The Morgan fingerprint density at radius 1 is 1.14 bits per heavy atom. The fourth-order valence-electron chi connectivity index (χ4n) is 3.46. The minimum absolute atomic E-state index is 0.102. The van der Waals surface area contributed by atoms with Crippen LogP contribution in [-0.4, -0.2) is 42.7 Å². The second kappa shape index (κ2) is 7.06. The van der Waals surface area contributed by atoms with E-state index in [-0.39, 0.29) is 11.3 Å². The number of pyridine rings is 1. The topological polar surface area (TPSA) is 62.3 Å². The van der Waals surface area contributed by atoms with Gasteiger partial charge in [0.2, 0.25) is 10.0 Å². The van der Waals surface area contributed by atoms with Crippen LogP contribution in [0.2, 0.25) is 0 Å². The van der Waals surface area contributed by atoms with Crippen molar-refractivity contribution in [2.24, 2.45) is 0 Å². The monoisotopic (exact) mass is 323 g/mol. The van der Waals surface area contributed by atoms with Gasteiger partial charge in [-0.25, -0.2) is 13.1 Å². The van der Waals surface area contributed by atoms with Crippen molar-refractivity contribution in [3.05, 3.63) is 30.1 Å². The summed E-state index contributed by atoms with van der Waals surface area (Å²) in [6.07, 6.45) is 7.35. The summed E-state index contributed by atoms with van der Waals surface area (Å²) in [4.78, 5) is 6.70. The van der Waals surface area contributed by atoms with E-state index >= 15 is 0 Å². The molecule has 1 saturated carbocycles. The van der Waals surface area contributed by atoms with Gasteiger partial charge in [0.25, 0.3) is 0 Å². The van der Waals surface area contributed by atoms with Crippen molar-refractivity contribution < 1.29 is 8.42 Å². The predicted molar refractivity (Wildman–Crippen MR) is 86.8 cm³/mol. The molecule has 0 bridgehead atoms. The van der Waals surface area contributed by atoms with Crippen LogP contribution < -0.4 is 4.72 Å². The van der Waals surface area contributed by atoms with Crippen molar-refractivity contribution in [3.8, 4) is 0 Å². The third kappa shape index (κ3) is 4.06. The molecule has 1 aliphatic carbocycles. The normalized spacial score (nSPS) is 22.2. The van der Waals surface area contributed by atoms with Gasteiger partial charge < -0.3 is 0 Å². The summed E-state index contributed by atoms with van der Waals surface area (Å²) in [5.74, 6) is 0. The summed E-state index contributed by atoms with van der Waals surface area (Å²) >= 11 is 0. The number of piperidine rings is 1. The summed E-state index contributed by atoms with van der Waals surface area (Å²) in [5, 5.41) is -0.154. The van der Waals surface area contributed by atoms with Crippen LogP contribution in [0.25, 0.3) is 0 Å². The van der Waals surface area contributed by atoms with E-state index in [4.69, 9.17) is 0 Å². The highest BCUT2D eigenvalue weighted by Gasteiger charge is 2.31. The van der Waals surface area contributed by atoms with Gasteiger partial charge in [-0.2, -0.15) is 0 Å². The first kappa shape index (κ1) is 15.9. The lowest BCUT2D eigenvalue weighted by atomic mass is 10.1. The van der Waals surface area contributed by atoms with Gasteiger partial charge in [-0.15, -0.1) is 0 Å². The second-order valence-electron chi connectivity index (χ2n) is 6.44. The fraction of sp³-hybridized carbons (Fsp3) is 0.688. The Kier molecular flexibility index (Phi) is 5.10. The number of aromatic nitrogens is 1. The minimum Gasteiger partial charge on any atom is -0.297 e. The van der Waals surface area contributed by atoms with Crippen molar-refractivity contribution in [1.29, 1.82) is 0 Å². The van der Waals surface area contributed by atoms with Gasteiger partial charge in [-0.3, -0.25) is 9.88 Å². The van der Waals surface area contributed by atoms with E-state index in [2.05, 4.69) is 14.6 Å². The molecule has 1 aliphatic heterocycles. The maximum Gasteiger partial charge on any atom is 0.214 e. The Morgan fingerprint density at radius 2 is 1.86 bits per heavy atom. The molecule has 6 heteroatoms. The molecule has 0 amide bonds. The van der Waals surface area contributed by atoms with E-state index in [0.717, 1.165) is 63.9 Å². The fourth-order valence-corrected chi connectivity index (χ4v) is 5.30. The molecule has 1 aromatic rings. The van der Waals surface area contributed by atoms with E-state index in [1.165, 1.54) is 0 Å². The average Bonchev–Trinajstić information content (AvgIpc) is 3.05. The zero-order valence-corrected chi connectivity index (χ0v) is 13.8. The molecule has 1 aromatic heterocycles. The van der Waals surface area contributed by atoms with E-state index in [0.29, 0.717) is 0 Å². The number of nitrogens with zero attached hydrogens (tertiary/aromatic N) is 2. The molecule has 122 valence electrons. The molecule has 0 atom stereocenters. The maximum absolute atomic E-state index is 12.3. The Labute approximate surface area is 133 Å². The van der Waals surface area contributed by atoms with E-state index < -0.39 is 10.0 Å². The van der Waals surface area contributed by atoms with Crippen LogP contribution in [0.4, 0.5) is 0 Å². The van der Waals surface area contributed by atoms with Crippen LogP contribution >= 0.6 is 0 Å². The van der Waals surface area contributed by atoms with Crippen LogP contribution in [0.1, 0.15) is 44.2 Å². The number of rotatable bonds is 5. The largest absolute Gasteiger partial charge is 0.297 e. The van der Waals surface area contributed by atoms with Gasteiger partial charge >= 0.3 is 0 Å². The van der Waals surface area contributed by atoms with Crippen LogP contribution in [0.15, 0.2) is 24.4 Å². The smallest absolute Gasteiger partial charge is 0.214 e. The SMILES string of the molecule is O=S(=O)(NC1CCN(Cc2ccccn2)CC1)C1CCCC1. The lowest BCUT2D eigenvalue weighted by Gasteiger charge is -2.32. The summed E-state index contributed by atoms with van der Waals surface area (Å²) in [7, 11) is -3.12. The second-order valence-corrected chi connectivity index (χ2v) is 8.43. The minimum atomic E-state index is -3.12. The van der Waals surface area contributed by atoms with Crippen molar-refractivity contribution in [1.82, 2.24) is 14.6 Å². The molecule has 0 spiro atoms. The molecule has 22 heavy (non-hydrogen) atoms. The molecule has 1 saturated heterocycles. The average molecular weight is 323 g/mol. The van der Waals surface area contributed by atoms with E-state index in [9.17, 15) is 8.42 Å². The van der Waals surface area contributed by atoms with Gasteiger partial charge in [-0.05, 0) is 37.8 Å². The number of hydrogen-bond acceptors (Lipinski definition) is 4.